The van der Waals surface area contributed by atoms with Gasteiger partial charge in [-0.3, -0.25) is 0 Å². The number of rotatable bonds is 5. The topological polar surface area (TPSA) is 55.4 Å². The lowest BCUT2D eigenvalue weighted by Gasteiger charge is -2.20. The molecule has 21 heavy (non-hydrogen) atoms. The monoisotopic (exact) mass is 313 g/mol. The predicted octanol–water partition coefficient (Wildman–Crippen LogP) is 3.33. The highest BCUT2D eigenvalue weighted by Crippen LogP contribution is 2.30. The van der Waals surface area contributed by atoms with E-state index in [0.717, 1.165) is 23.3 Å². The average Bonchev–Trinajstić information content (AvgIpc) is 2.31. The smallest absolute Gasteiger partial charge is 0.241 e. The molecule has 0 fully saturated rings. The SMILES string of the molecule is COc1cc(C)c(S(=O)(=O)NCCC(C)(C)C)c(C)c1C. The van der Waals surface area contributed by atoms with Crippen molar-refractivity contribution >= 4 is 10.0 Å². The van der Waals surface area contributed by atoms with Gasteiger partial charge < -0.3 is 4.74 Å². The Morgan fingerprint density at radius 3 is 2.19 bits per heavy atom. The summed E-state index contributed by atoms with van der Waals surface area (Å²) in [6, 6.07) is 1.78. The molecule has 5 heteroatoms. The van der Waals surface area contributed by atoms with Gasteiger partial charge in [0.05, 0.1) is 12.0 Å². The molecule has 0 radical (unpaired) electrons. The van der Waals surface area contributed by atoms with E-state index in [9.17, 15) is 8.42 Å². The number of sulfonamides is 1. The Labute approximate surface area is 129 Å². The van der Waals surface area contributed by atoms with Gasteiger partial charge in [0.1, 0.15) is 5.75 Å². The van der Waals surface area contributed by atoms with E-state index in [0.29, 0.717) is 17.0 Å². The van der Waals surface area contributed by atoms with Crippen LogP contribution >= 0.6 is 0 Å². The lowest BCUT2D eigenvalue weighted by atomic mass is 9.93. The van der Waals surface area contributed by atoms with Crippen molar-refractivity contribution in [1.29, 1.82) is 0 Å². The largest absolute Gasteiger partial charge is 0.496 e. The number of hydrogen-bond donors (Lipinski definition) is 1. The van der Waals surface area contributed by atoms with Crippen LogP contribution in [0.1, 0.15) is 43.9 Å². The van der Waals surface area contributed by atoms with E-state index in [1.807, 2.05) is 13.8 Å². The van der Waals surface area contributed by atoms with Gasteiger partial charge in [-0.2, -0.15) is 0 Å². The quantitative estimate of drug-likeness (QED) is 0.907. The van der Waals surface area contributed by atoms with Crippen molar-refractivity contribution in [2.45, 2.75) is 52.9 Å². The Kier molecular flexibility index (Phi) is 5.45. The molecule has 1 N–H and O–H groups in total. The molecule has 0 spiro atoms. The molecule has 1 aromatic carbocycles. The van der Waals surface area contributed by atoms with Gasteiger partial charge in [0, 0.05) is 6.54 Å². The van der Waals surface area contributed by atoms with E-state index in [1.165, 1.54) is 0 Å². The second-order valence-corrected chi connectivity index (χ2v) is 8.39. The Morgan fingerprint density at radius 2 is 1.71 bits per heavy atom. The fourth-order valence-corrected chi connectivity index (χ4v) is 3.83. The van der Waals surface area contributed by atoms with Crippen molar-refractivity contribution in [1.82, 2.24) is 4.72 Å². The zero-order valence-corrected chi connectivity index (χ0v) is 14.9. The van der Waals surface area contributed by atoms with Gasteiger partial charge in [-0.25, -0.2) is 13.1 Å². The molecule has 1 rings (SSSR count). The fourth-order valence-electron chi connectivity index (χ4n) is 2.28. The summed E-state index contributed by atoms with van der Waals surface area (Å²) in [5.74, 6) is 0.721. The minimum absolute atomic E-state index is 0.0996. The van der Waals surface area contributed by atoms with Crippen LogP contribution in [0.5, 0.6) is 5.75 Å². The third-order valence-corrected chi connectivity index (χ3v) is 5.38. The summed E-state index contributed by atoms with van der Waals surface area (Å²) in [6.07, 6.45) is 0.791. The van der Waals surface area contributed by atoms with Crippen LogP contribution in [-0.2, 0) is 10.0 Å². The van der Waals surface area contributed by atoms with Gasteiger partial charge in [0.15, 0.2) is 0 Å². The molecule has 0 saturated carbocycles. The van der Waals surface area contributed by atoms with Crippen LogP contribution in [-0.4, -0.2) is 22.1 Å². The summed E-state index contributed by atoms with van der Waals surface area (Å²) < 4.78 is 33.1. The molecule has 1 aromatic rings. The molecule has 0 aliphatic heterocycles. The number of nitrogens with one attached hydrogen (secondary N) is 1. The first-order valence-electron chi connectivity index (χ1n) is 7.14. The fraction of sp³-hybridized carbons (Fsp3) is 0.625. The molecule has 0 unspecified atom stereocenters. The maximum Gasteiger partial charge on any atom is 0.241 e. The highest BCUT2D eigenvalue weighted by atomic mass is 32.2. The molecular weight excluding hydrogens is 286 g/mol. The lowest BCUT2D eigenvalue weighted by molar-refractivity contribution is 0.378. The summed E-state index contributed by atoms with van der Waals surface area (Å²) in [5, 5.41) is 0. The lowest BCUT2D eigenvalue weighted by Crippen LogP contribution is -2.28. The zero-order chi connectivity index (χ0) is 16.4. The van der Waals surface area contributed by atoms with Crippen molar-refractivity contribution in [3.8, 4) is 5.75 Å². The third kappa shape index (κ3) is 4.45. The van der Waals surface area contributed by atoms with Crippen LogP contribution in [0, 0.1) is 26.2 Å². The number of hydrogen-bond acceptors (Lipinski definition) is 3. The first kappa shape index (κ1) is 18.0. The van der Waals surface area contributed by atoms with E-state index in [1.54, 1.807) is 20.1 Å². The molecule has 0 heterocycles. The first-order valence-corrected chi connectivity index (χ1v) is 8.62. The van der Waals surface area contributed by atoms with Gasteiger partial charge in [0.25, 0.3) is 0 Å². The van der Waals surface area contributed by atoms with Crippen molar-refractivity contribution in [2.75, 3.05) is 13.7 Å². The summed E-state index contributed by atoms with van der Waals surface area (Å²) in [5.41, 5.74) is 2.41. The number of aryl methyl sites for hydroxylation is 1. The standard InChI is InChI=1S/C16H27NO3S/c1-11-10-14(20-7)12(2)13(3)15(11)21(18,19)17-9-8-16(4,5)6/h10,17H,8-9H2,1-7H3. The highest BCUT2D eigenvalue weighted by molar-refractivity contribution is 7.89. The Bertz CT molecular complexity index is 613. The molecule has 0 aromatic heterocycles. The van der Waals surface area contributed by atoms with Crippen LogP contribution in [0.2, 0.25) is 0 Å². The summed E-state index contributed by atoms with van der Waals surface area (Å²) in [4.78, 5) is 0.370. The molecule has 0 amide bonds. The molecule has 0 aliphatic rings. The van der Waals surface area contributed by atoms with Crippen molar-refractivity contribution < 1.29 is 13.2 Å². The summed E-state index contributed by atoms with van der Waals surface area (Å²) >= 11 is 0. The highest BCUT2D eigenvalue weighted by Gasteiger charge is 2.23. The number of benzene rings is 1. The van der Waals surface area contributed by atoms with Crippen LogP contribution in [0.3, 0.4) is 0 Å². The van der Waals surface area contributed by atoms with Gasteiger partial charge in [-0.1, -0.05) is 20.8 Å². The minimum Gasteiger partial charge on any atom is -0.496 e. The molecular formula is C16H27NO3S. The van der Waals surface area contributed by atoms with Gasteiger partial charge >= 0.3 is 0 Å². The van der Waals surface area contributed by atoms with Gasteiger partial charge in [0.2, 0.25) is 10.0 Å². The molecule has 0 bridgehead atoms. The van der Waals surface area contributed by atoms with Gasteiger partial charge in [-0.15, -0.1) is 0 Å². The van der Waals surface area contributed by atoms with Crippen molar-refractivity contribution in [3.63, 3.8) is 0 Å². The molecule has 120 valence electrons. The van der Waals surface area contributed by atoms with E-state index < -0.39 is 10.0 Å². The Balaban J connectivity index is 3.12. The van der Waals surface area contributed by atoms with Crippen LogP contribution in [0.4, 0.5) is 0 Å². The number of methoxy groups -OCH3 is 1. The minimum atomic E-state index is -3.50. The van der Waals surface area contributed by atoms with Crippen molar-refractivity contribution in [3.05, 3.63) is 22.8 Å². The maximum absolute atomic E-state index is 12.6. The summed E-state index contributed by atoms with van der Waals surface area (Å²) in [6.45, 7) is 12.2. The Morgan fingerprint density at radius 1 is 1.14 bits per heavy atom. The van der Waals surface area contributed by atoms with Crippen LogP contribution in [0.25, 0.3) is 0 Å². The Hall–Kier alpha value is -1.07. The normalized spacial score (nSPS) is 12.5. The van der Waals surface area contributed by atoms with Crippen LogP contribution < -0.4 is 9.46 Å². The second kappa shape index (κ2) is 6.36. The van der Waals surface area contributed by atoms with Crippen LogP contribution in [0.15, 0.2) is 11.0 Å². The zero-order valence-electron chi connectivity index (χ0n) is 14.1. The van der Waals surface area contributed by atoms with E-state index in [2.05, 4.69) is 25.5 Å². The maximum atomic E-state index is 12.6. The third-order valence-electron chi connectivity index (χ3n) is 3.63. The number of ether oxygens (including phenoxy) is 1. The second-order valence-electron chi connectivity index (χ2n) is 6.68. The van der Waals surface area contributed by atoms with E-state index >= 15 is 0 Å². The molecule has 0 saturated heterocycles. The predicted molar refractivity (Wildman–Crippen MR) is 86.5 cm³/mol. The first-order chi connectivity index (χ1) is 9.49. The van der Waals surface area contributed by atoms with E-state index in [4.69, 9.17) is 4.74 Å². The molecule has 0 atom stereocenters. The van der Waals surface area contributed by atoms with Crippen molar-refractivity contribution in [2.24, 2.45) is 5.41 Å². The van der Waals surface area contributed by atoms with E-state index in [-0.39, 0.29) is 5.41 Å². The molecule has 4 nitrogen and oxygen atoms in total. The average molecular weight is 313 g/mol. The summed E-state index contributed by atoms with van der Waals surface area (Å²) in [7, 11) is -1.90. The van der Waals surface area contributed by atoms with Gasteiger partial charge in [-0.05, 0) is 55.4 Å². The molecule has 0 aliphatic carbocycles.